The Hall–Kier alpha value is -3.00. The summed E-state index contributed by atoms with van der Waals surface area (Å²) in [5.41, 5.74) is 4.55. The van der Waals surface area contributed by atoms with E-state index in [1.807, 2.05) is 24.4 Å². The standard InChI is InChI=1S/C27H30N4O2S/c1-20-26(19-30-11-13-33-14-12-30)34-27(29-20)31(17-21-5-3-7-24(15-21)32-2)18-22-8-9-23-6-4-10-28-25(23)16-22/h3-10,15-16H,11-14,17-19H2,1-2H3. The van der Waals surface area contributed by atoms with E-state index in [9.17, 15) is 0 Å². The van der Waals surface area contributed by atoms with Gasteiger partial charge in [0.25, 0.3) is 0 Å². The van der Waals surface area contributed by atoms with Crippen molar-refractivity contribution in [1.82, 2.24) is 14.9 Å². The second kappa shape index (κ2) is 10.5. The van der Waals surface area contributed by atoms with Crippen LogP contribution in [0.3, 0.4) is 0 Å². The number of hydrogen-bond acceptors (Lipinski definition) is 7. The lowest BCUT2D eigenvalue weighted by Gasteiger charge is -2.26. The van der Waals surface area contributed by atoms with Crippen LogP contribution in [0.4, 0.5) is 5.13 Å². The maximum Gasteiger partial charge on any atom is 0.186 e. The third-order valence-electron chi connectivity index (χ3n) is 6.17. The fourth-order valence-electron chi connectivity index (χ4n) is 4.27. The van der Waals surface area contributed by atoms with Gasteiger partial charge in [-0.2, -0.15) is 0 Å². The molecule has 0 atom stereocenters. The number of morpholine rings is 1. The highest BCUT2D eigenvalue weighted by Crippen LogP contribution is 2.31. The molecule has 0 N–H and O–H groups in total. The molecule has 1 saturated heterocycles. The Bertz CT molecular complexity index is 1250. The Kier molecular flexibility index (Phi) is 7.04. The van der Waals surface area contributed by atoms with E-state index in [2.05, 4.69) is 58.1 Å². The molecule has 2 aromatic carbocycles. The van der Waals surface area contributed by atoms with Crippen LogP contribution >= 0.6 is 11.3 Å². The van der Waals surface area contributed by atoms with Crippen LogP contribution in [0.25, 0.3) is 10.9 Å². The monoisotopic (exact) mass is 474 g/mol. The first-order valence-electron chi connectivity index (χ1n) is 11.7. The topological polar surface area (TPSA) is 50.7 Å². The molecule has 1 aliphatic rings. The van der Waals surface area contributed by atoms with Crippen LogP contribution in [0.2, 0.25) is 0 Å². The predicted molar refractivity (Wildman–Crippen MR) is 138 cm³/mol. The van der Waals surface area contributed by atoms with Gasteiger partial charge in [0.2, 0.25) is 0 Å². The molecule has 0 amide bonds. The van der Waals surface area contributed by atoms with Crippen molar-refractivity contribution in [3.63, 3.8) is 0 Å². The van der Waals surface area contributed by atoms with Gasteiger partial charge in [-0.25, -0.2) is 4.98 Å². The molecule has 3 heterocycles. The Morgan fingerprint density at radius 1 is 1.03 bits per heavy atom. The molecular weight excluding hydrogens is 444 g/mol. The highest BCUT2D eigenvalue weighted by atomic mass is 32.1. The maximum atomic E-state index is 5.52. The van der Waals surface area contributed by atoms with Crippen molar-refractivity contribution in [2.45, 2.75) is 26.6 Å². The number of anilines is 1. The zero-order valence-electron chi connectivity index (χ0n) is 19.7. The summed E-state index contributed by atoms with van der Waals surface area (Å²) >= 11 is 1.80. The predicted octanol–water partition coefficient (Wildman–Crippen LogP) is 5.05. The van der Waals surface area contributed by atoms with Crippen LogP contribution in [-0.4, -0.2) is 48.3 Å². The minimum atomic E-state index is 0.751. The van der Waals surface area contributed by atoms with E-state index >= 15 is 0 Å². The van der Waals surface area contributed by atoms with E-state index in [1.54, 1.807) is 18.4 Å². The fourth-order valence-corrected chi connectivity index (χ4v) is 5.37. The Labute approximate surface area is 204 Å². The van der Waals surface area contributed by atoms with E-state index in [1.165, 1.54) is 16.0 Å². The van der Waals surface area contributed by atoms with Gasteiger partial charge in [-0.05, 0) is 42.3 Å². The van der Waals surface area contributed by atoms with Crippen LogP contribution in [0.15, 0.2) is 60.8 Å². The highest BCUT2D eigenvalue weighted by molar-refractivity contribution is 7.15. The second-order valence-electron chi connectivity index (χ2n) is 8.63. The van der Waals surface area contributed by atoms with E-state index in [4.69, 9.17) is 14.5 Å². The molecule has 0 unspecified atom stereocenters. The van der Waals surface area contributed by atoms with Crippen molar-refractivity contribution in [3.05, 3.63) is 82.5 Å². The summed E-state index contributed by atoms with van der Waals surface area (Å²) in [7, 11) is 1.71. The van der Waals surface area contributed by atoms with Gasteiger partial charge in [-0.3, -0.25) is 9.88 Å². The Morgan fingerprint density at radius 2 is 1.85 bits per heavy atom. The summed E-state index contributed by atoms with van der Waals surface area (Å²) in [6, 6.07) is 18.9. The lowest BCUT2D eigenvalue weighted by atomic mass is 10.1. The van der Waals surface area contributed by atoms with Crippen LogP contribution in [-0.2, 0) is 24.4 Å². The summed E-state index contributed by atoms with van der Waals surface area (Å²) in [5, 5.41) is 2.20. The number of hydrogen-bond donors (Lipinski definition) is 0. The van der Waals surface area contributed by atoms with Crippen molar-refractivity contribution in [1.29, 1.82) is 0 Å². The molecule has 0 spiro atoms. The van der Waals surface area contributed by atoms with Gasteiger partial charge < -0.3 is 14.4 Å². The van der Waals surface area contributed by atoms with Gasteiger partial charge in [0.1, 0.15) is 5.75 Å². The normalized spacial score (nSPS) is 14.4. The molecule has 6 nitrogen and oxygen atoms in total. The molecule has 2 aromatic heterocycles. The SMILES string of the molecule is COc1cccc(CN(Cc2ccc3cccnc3c2)c2nc(C)c(CN3CCOCC3)s2)c1. The second-order valence-corrected chi connectivity index (χ2v) is 9.69. The molecule has 1 aliphatic heterocycles. The molecule has 4 aromatic rings. The summed E-state index contributed by atoms with van der Waals surface area (Å²) in [4.78, 5) is 15.7. The van der Waals surface area contributed by atoms with Gasteiger partial charge in [-0.1, -0.05) is 30.3 Å². The van der Waals surface area contributed by atoms with Crippen molar-refractivity contribution >= 4 is 27.4 Å². The largest absolute Gasteiger partial charge is 0.497 e. The van der Waals surface area contributed by atoms with Crippen LogP contribution in [0.5, 0.6) is 5.75 Å². The number of nitrogens with zero attached hydrogens (tertiary/aromatic N) is 4. The number of pyridine rings is 1. The van der Waals surface area contributed by atoms with E-state index in [0.717, 1.165) is 73.4 Å². The number of methoxy groups -OCH3 is 1. The average molecular weight is 475 g/mol. The summed E-state index contributed by atoms with van der Waals surface area (Å²) in [6.45, 7) is 8.13. The Balaban J connectivity index is 1.43. The molecule has 5 rings (SSSR count). The molecule has 0 bridgehead atoms. The van der Waals surface area contributed by atoms with Gasteiger partial charge >= 0.3 is 0 Å². The fraction of sp³-hybridized carbons (Fsp3) is 0.333. The maximum absolute atomic E-state index is 5.52. The number of benzene rings is 2. The lowest BCUT2D eigenvalue weighted by Crippen LogP contribution is -2.35. The minimum absolute atomic E-state index is 0.751. The zero-order chi connectivity index (χ0) is 23.3. The minimum Gasteiger partial charge on any atom is -0.497 e. The van der Waals surface area contributed by atoms with Gasteiger partial charge in [0, 0.05) is 49.2 Å². The third kappa shape index (κ3) is 5.38. The quantitative estimate of drug-likeness (QED) is 0.356. The van der Waals surface area contributed by atoms with Crippen molar-refractivity contribution in [2.75, 3.05) is 38.3 Å². The number of thiazole rings is 1. The molecule has 1 fully saturated rings. The van der Waals surface area contributed by atoms with E-state index in [-0.39, 0.29) is 0 Å². The number of ether oxygens (including phenoxy) is 2. The summed E-state index contributed by atoms with van der Waals surface area (Å²) in [5.74, 6) is 0.871. The molecule has 0 radical (unpaired) electrons. The molecule has 7 heteroatoms. The van der Waals surface area contributed by atoms with Crippen LogP contribution < -0.4 is 9.64 Å². The van der Waals surface area contributed by atoms with Gasteiger partial charge in [0.15, 0.2) is 5.13 Å². The molecule has 0 saturated carbocycles. The van der Waals surface area contributed by atoms with Crippen molar-refractivity contribution in [2.24, 2.45) is 0 Å². The number of aryl methyl sites for hydroxylation is 1. The first-order valence-corrected chi connectivity index (χ1v) is 12.5. The molecule has 34 heavy (non-hydrogen) atoms. The smallest absolute Gasteiger partial charge is 0.186 e. The van der Waals surface area contributed by atoms with E-state index < -0.39 is 0 Å². The van der Waals surface area contributed by atoms with Gasteiger partial charge in [-0.15, -0.1) is 11.3 Å². The molecular formula is C27H30N4O2S. The zero-order valence-corrected chi connectivity index (χ0v) is 20.6. The summed E-state index contributed by atoms with van der Waals surface area (Å²) in [6.07, 6.45) is 1.85. The average Bonchev–Trinajstić information content (AvgIpc) is 3.24. The van der Waals surface area contributed by atoms with E-state index in [0.29, 0.717) is 0 Å². The first kappa shape index (κ1) is 22.8. The van der Waals surface area contributed by atoms with Crippen molar-refractivity contribution in [3.8, 4) is 5.75 Å². The molecule has 0 aliphatic carbocycles. The Morgan fingerprint density at radius 3 is 2.68 bits per heavy atom. The first-order chi connectivity index (χ1) is 16.7. The van der Waals surface area contributed by atoms with Crippen LogP contribution in [0.1, 0.15) is 21.7 Å². The molecule has 176 valence electrons. The lowest BCUT2D eigenvalue weighted by molar-refractivity contribution is 0.0345. The summed E-state index contributed by atoms with van der Waals surface area (Å²) < 4.78 is 11.0. The van der Waals surface area contributed by atoms with Gasteiger partial charge in [0.05, 0.1) is 31.5 Å². The number of rotatable bonds is 8. The van der Waals surface area contributed by atoms with Crippen LogP contribution in [0, 0.1) is 6.92 Å². The highest BCUT2D eigenvalue weighted by Gasteiger charge is 2.19. The number of aromatic nitrogens is 2. The third-order valence-corrected chi connectivity index (χ3v) is 7.38. The number of fused-ring (bicyclic) bond motifs is 1. The van der Waals surface area contributed by atoms with Crippen molar-refractivity contribution < 1.29 is 9.47 Å².